The van der Waals surface area contributed by atoms with Gasteiger partial charge in [0.05, 0.1) is 9.90 Å². The molecule has 0 saturated heterocycles. The third kappa shape index (κ3) is 3.41. The summed E-state index contributed by atoms with van der Waals surface area (Å²) in [5.41, 5.74) is -0.529. The fourth-order valence-corrected chi connectivity index (χ4v) is 3.39. The molecule has 0 aliphatic heterocycles. The molecule has 2 aromatic rings. The lowest BCUT2D eigenvalue weighted by atomic mass is 10.5. The van der Waals surface area contributed by atoms with Gasteiger partial charge in [-0.3, -0.25) is 4.79 Å². The number of aromatic amines is 1. The zero-order valence-electron chi connectivity index (χ0n) is 9.81. The number of rotatable bonds is 4. The minimum atomic E-state index is -3.71. The zero-order valence-corrected chi connectivity index (χ0v) is 12.2. The first-order valence-corrected chi connectivity index (χ1v) is 7.85. The maximum atomic E-state index is 12.0. The van der Waals surface area contributed by atoms with Crippen LogP contribution in [0.5, 0.6) is 0 Å². The lowest BCUT2D eigenvalue weighted by Crippen LogP contribution is -2.24. The number of H-pyrrole nitrogens is 1. The van der Waals surface area contributed by atoms with Crippen molar-refractivity contribution in [2.45, 2.75) is 18.4 Å². The van der Waals surface area contributed by atoms with Crippen molar-refractivity contribution in [3.63, 3.8) is 0 Å². The largest absolute Gasteiger partial charge is 0.326 e. The van der Waals surface area contributed by atoms with E-state index in [9.17, 15) is 13.2 Å². The van der Waals surface area contributed by atoms with Gasteiger partial charge < -0.3 is 4.98 Å². The van der Waals surface area contributed by atoms with E-state index in [1.54, 1.807) is 6.20 Å². The van der Waals surface area contributed by atoms with E-state index >= 15 is 0 Å². The van der Waals surface area contributed by atoms with E-state index in [4.69, 9.17) is 11.6 Å². The van der Waals surface area contributed by atoms with Gasteiger partial charge in [0, 0.05) is 23.8 Å². The molecule has 0 atom stereocenters. The normalized spacial score (nSPS) is 11.7. The number of nitrogens with one attached hydrogen (secondary N) is 2. The lowest BCUT2D eigenvalue weighted by molar-refractivity contribution is 0.581. The number of pyridine rings is 1. The molecule has 2 aromatic heterocycles. The Hall–Kier alpha value is -1.22. The third-order valence-electron chi connectivity index (χ3n) is 2.25. The second-order valence-electron chi connectivity index (χ2n) is 3.68. The number of nitrogens with zero attached hydrogens (tertiary/aromatic N) is 1. The molecule has 102 valence electrons. The molecule has 2 heterocycles. The molecule has 0 aliphatic rings. The standard InChI is InChI=1S/C10H10ClN3O3S2/c1-6-12-3-7(18-6)4-14-19(16,17)8-2-9(11)10(15)13-5-8/h2-3,5,14H,4H2,1H3,(H,13,15). The van der Waals surface area contributed by atoms with Gasteiger partial charge in [-0.25, -0.2) is 18.1 Å². The molecule has 0 aromatic carbocycles. The fourth-order valence-electron chi connectivity index (χ4n) is 1.33. The van der Waals surface area contributed by atoms with Crippen LogP contribution in [0.4, 0.5) is 0 Å². The van der Waals surface area contributed by atoms with E-state index in [1.807, 2.05) is 6.92 Å². The molecule has 0 spiro atoms. The topological polar surface area (TPSA) is 91.9 Å². The molecule has 6 nitrogen and oxygen atoms in total. The average molecular weight is 320 g/mol. The summed E-state index contributed by atoms with van der Waals surface area (Å²) in [6.45, 7) is 1.98. The molecule has 19 heavy (non-hydrogen) atoms. The van der Waals surface area contributed by atoms with Crippen LogP contribution in [-0.4, -0.2) is 18.4 Å². The first-order valence-electron chi connectivity index (χ1n) is 5.18. The van der Waals surface area contributed by atoms with Crippen molar-refractivity contribution in [2.75, 3.05) is 0 Å². The third-order valence-corrected chi connectivity index (χ3v) is 4.82. The fraction of sp³-hybridized carbons (Fsp3) is 0.200. The summed E-state index contributed by atoms with van der Waals surface area (Å²) in [5, 5.41) is 0.692. The number of hydrogen-bond donors (Lipinski definition) is 2. The van der Waals surface area contributed by atoms with Gasteiger partial charge in [-0.1, -0.05) is 11.6 Å². The number of sulfonamides is 1. The molecule has 0 radical (unpaired) electrons. The molecular weight excluding hydrogens is 310 g/mol. The van der Waals surface area contributed by atoms with Gasteiger partial charge in [0.1, 0.15) is 5.02 Å². The van der Waals surface area contributed by atoms with Crippen LogP contribution in [0, 0.1) is 6.92 Å². The Bertz CT molecular complexity index is 751. The number of aryl methyl sites for hydroxylation is 1. The highest BCUT2D eigenvalue weighted by Crippen LogP contribution is 2.14. The van der Waals surface area contributed by atoms with Crippen LogP contribution in [0.25, 0.3) is 0 Å². The lowest BCUT2D eigenvalue weighted by Gasteiger charge is -2.05. The maximum absolute atomic E-state index is 12.0. The highest BCUT2D eigenvalue weighted by molar-refractivity contribution is 7.89. The summed E-state index contributed by atoms with van der Waals surface area (Å²) in [5.74, 6) is 0. The van der Waals surface area contributed by atoms with E-state index in [2.05, 4.69) is 14.7 Å². The first-order chi connectivity index (χ1) is 8.88. The van der Waals surface area contributed by atoms with Crippen LogP contribution >= 0.6 is 22.9 Å². The molecule has 0 aliphatic carbocycles. The van der Waals surface area contributed by atoms with E-state index in [1.165, 1.54) is 11.3 Å². The molecule has 2 N–H and O–H groups in total. The number of thiazole rings is 1. The van der Waals surface area contributed by atoms with Crippen molar-refractivity contribution >= 4 is 33.0 Å². The minimum absolute atomic E-state index is 0.0849. The van der Waals surface area contributed by atoms with Crippen LogP contribution in [0.15, 0.2) is 28.2 Å². The van der Waals surface area contributed by atoms with Gasteiger partial charge in [0.25, 0.3) is 5.56 Å². The van der Waals surface area contributed by atoms with Gasteiger partial charge >= 0.3 is 0 Å². The summed E-state index contributed by atoms with van der Waals surface area (Å²) in [6, 6.07) is 1.11. The van der Waals surface area contributed by atoms with Crippen LogP contribution in [0.1, 0.15) is 9.88 Å². The summed E-state index contributed by atoms with van der Waals surface area (Å²) < 4.78 is 26.4. The summed E-state index contributed by atoms with van der Waals surface area (Å²) in [6.07, 6.45) is 2.72. The van der Waals surface area contributed by atoms with Crippen molar-refractivity contribution in [2.24, 2.45) is 0 Å². The second-order valence-corrected chi connectivity index (χ2v) is 7.18. The summed E-state index contributed by atoms with van der Waals surface area (Å²) in [4.78, 5) is 18.1. The van der Waals surface area contributed by atoms with E-state index in [0.717, 1.165) is 22.1 Å². The SMILES string of the molecule is Cc1ncc(CNS(=O)(=O)c2c[nH]c(=O)c(Cl)c2)s1. The Morgan fingerprint density at radius 2 is 2.26 bits per heavy atom. The smallest absolute Gasteiger partial charge is 0.266 e. The van der Waals surface area contributed by atoms with E-state index < -0.39 is 15.6 Å². The monoisotopic (exact) mass is 319 g/mol. The van der Waals surface area contributed by atoms with Gasteiger partial charge in [0.15, 0.2) is 0 Å². The molecular formula is C10H10ClN3O3S2. The average Bonchev–Trinajstić information content (AvgIpc) is 2.76. The highest BCUT2D eigenvalue weighted by atomic mass is 35.5. The number of halogens is 1. The van der Waals surface area contributed by atoms with Crippen LogP contribution in [0.2, 0.25) is 5.02 Å². The van der Waals surface area contributed by atoms with Crippen LogP contribution in [0.3, 0.4) is 0 Å². The predicted molar refractivity (Wildman–Crippen MR) is 72.9 cm³/mol. The Labute approximate surface area is 118 Å². The molecule has 0 fully saturated rings. The first kappa shape index (κ1) is 14.2. The summed E-state index contributed by atoms with van der Waals surface area (Å²) >= 11 is 7.00. The van der Waals surface area contributed by atoms with E-state index in [0.29, 0.717) is 0 Å². The van der Waals surface area contributed by atoms with Crippen molar-refractivity contribution in [3.05, 3.63) is 43.7 Å². The Balaban J connectivity index is 2.18. The van der Waals surface area contributed by atoms with Gasteiger partial charge in [0.2, 0.25) is 10.0 Å². The Morgan fingerprint density at radius 3 is 2.84 bits per heavy atom. The van der Waals surface area contributed by atoms with Crippen LogP contribution < -0.4 is 10.3 Å². The molecule has 9 heteroatoms. The van der Waals surface area contributed by atoms with Crippen molar-refractivity contribution in [3.8, 4) is 0 Å². The van der Waals surface area contributed by atoms with Crippen molar-refractivity contribution in [1.82, 2.24) is 14.7 Å². The zero-order chi connectivity index (χ0) is 14.0. The second kappa shape index (κ2) is 5.41. The molecule has 0 unspecified atom stereocenters. The molecule has 0 bridgehead atoms. The molecule has 2 rings (SSSR count). The predicted octanol–water partition coefficient (Wildman–Crippen LogP) is 1.27. The van der Waals surface area contributed by atoms with E-state index in [-0.39, 0.29) is 16.5 Å². The molecule has 0 amide bonds. The number of hydrogen-bond acceptors (Lipinski definition) is 5. The van der Waals surface area contributed by atoms with Gasteiger partial charge in [-0.05, 0) is 13.0 Å². The highest BCUT2D eigenvalue weighted by Gasteiger charge is 2.15. The van der Waals surface area contributed by atoms with Crippen LogP contribution in [-0.2, 0) is 16.6 Å². The minimum Gasteiger partial charge on any atom is -0.326 e. The Morgan fingerprint density at radius 1 is 1.53 bits per heavy atom. The number of aromatic nitrogens is 2. The van der Waals surface area contributed by atoms with Gasteiger partial charge in [-0.2, -0.15) is 0 Å². The maximum Gasteiger partial charge on any atom is 0.266 e. The molecule has 0 saturated carbocycles. The Kier molecular flexibility index (Phi) is 4.04. The van der Waals surface area contributed by atoms with Crippen molar-refractivity contribution < 1.29 is 8.42 Å². The quantitative estimate of drug-likeness (QED) is 0.887. The van der Waals surface area contributed by atoms with Crippen molar-refractivity contribution in [1.29, 1.82) is 0 Å². The van der Waals surface area contributed by atoms with Gasteiger partial charge in [-0.15, -0.1) is 11.3 Å². The summed E-state index contributed by atoms with van der Waals surface area (Å²) in [7, 11) is -3.71.